The van der Waals surface area contributed by atoms with E-state index in [-0.39, 0.29) is 0 Å². The van der Waals surface area contributed by atoms with Crippen molar-refractivity contribution >= 4 is 0 Å². The third-order valence-corrected chi connectivity index (χ3v) is 1.28. The van der Waals surface area contributed by atoms with Crippen LogP contribution in [0.15, 0.2) is 12.3 Å². The molecule has 0 aromatic rings. The number of nitrogens with one attached hydrogen (secondary N) is 2. The van der Waals surface area contributed by atoms with Crippen LogP contribution in [0.4, 0.5) is 0 Å². The van der Waals surface area contributed by atoms with Crippen molar-refractivity contribution in [2.75, 3.05) is 19.6 Å². The molecule has 0 aliphatic carbocycles. The van der Waals surface area contributed by atoms with Gasteiger partial charge in [0.2, 0.25) is 0 Å². The van der Waals surface area contributed by atoms with Crippen molar-refractivity contribution in [1.29, 1.82) is 0 Å². The van der Waals surface area contributed by atoms with Crippen molar-refractivity contribution in [3.63, 3.8) is 0 Å². The summed E-state index contributed by atoms with van der Waals surface area (Å²) in [6, 6.07) is 0. The van der Waals surface area contributed by atoms with Crippen LogP contribution in [0.5, 0.6) is 0 Å². The molecule has 0 saturated carbocycles. The molecule has 2 N–H and O–H groups in total. The maximum atomic E-state index is 3.87. The molecule has 10 heavy (non-hydrogen) atoms. The molecule has 0 rings (SSSR count). The van der Waals surface area contributed by atoms with E-state index in [1.54, 1.807) is 0 Å². The summed E-state index contributed by atoms with van der Waals surface area (Å²) in [7, 11) is 0. The minimum absolute atomic E-state index is 0.977. The Morgan fingerprint density at radius 1 is 1.30 bits per heavy atom. The highest BCUT2D eigenvalue weighted by Crippen LogP contribution is 1.88. The molecule has 0 fully saturated rings. The lowest BCUT2D eigenvalue weighted by molar-refractivity contribution is 0.681. The van der Waals surface area contributed by atoms with Gasteiger partial charge in [-0.3, -0.25) is 0 Å². The van der Waals surface area contributed by atoms with Crippen LogP contribution in [0, 0.1) is 0 Å². The quantitative estimate of drug-likeness (QED) is 0.543. The molecule has 0 spiro atoms. The SMILES string of the molecule is C=C(CCNCC)NCC. The van der Waals surface area contributed by atoms with Gasteiger partial charge in [-0.25, -0.2) is 0 Å². The van der Waals surface area contributed by atoms with E-state index < -0.39 is 0 Å². The molecular formula is C8H18N2. The Morgan fingerprint density at radius 2 is 2.00 bits per heavy atom. The smallest absolute Gasteiger partial charge is 0.0115 e. The highest BCUT2D eigenvalue weighted by Gasteiger charge is 1.88. The average Bonchev–Trinajstić information content (AvgIpc) is 1.89. The fraction of sp³-hybridized carbons (Fsp3) is 0.750. The highest BCUT2D eigenvalue weighted by molar-refractivity contribution is 4.90. The molecule has 0 unspecified atom stereocenters. The lowest BCUT2D eigenvalue weighted by Gasteiger charge is -2.06. The molecule has 0 radical (unpaired) electrons. The van der Waals surface area contributed by atoms with E-state index in [4.69, 9.17) is 0 Å². The fourth-order valence-corrected chi connectivity index (χ4v) is 0.754. The summed E-state index contributed by atoms with van der Waals surface area (Å²) in [4.78, 5) is 0. The van der Waals surface area contributed by atoms with Gasteiger partial charge in [-0.05, 0) is 19.9 Å². The van der Waals surface area contributed by atoms with Crippen LogP contribution in [0.2, 0.25) is 0 Å². The van der Waals surface area contributed by atoms with Gasteiger partial charge in [0.15, 0.2) is 0 Å². The van der Waals surface area contributed by atoms with E-state index in [1.165, 1.54) is 0 Å². The van der Waals surface area contributed by atoms with Crippen LogP contribution in [-0.4, -0.2) is 19.6 Å². The molecule has 0 saturated heterocycles. The van der Waals surface area contributed by atoms with E-state index in [2.05, 4.69) is 31.1 Å². The summed E-state index contributed by atoms with van der Waals surface area (Å²) in [5, 5.41) is 6.41. The topological polar surface area (TPSA) is 24.1 Å². The molecule has 60 valence electrons. The Kier molecular flexibility index (Phi) is 6.29. The van der Waals surface area contributed by atoms with Gasteiger partial charge in [0, 0.05) is 18.8 Å². The standard InChI is InChI=1S/C8H18N2/c1-4-9-7-6-8(3)10-5-2/h9-10H,3-7H2,1-2H3. The largest absolute Gasteiger partial charge is 0.389 e. The van der Waals surface area contributed by atoms with Crippen LogP contribution in [-0.2, 0) is 0 Å². The molecule has 0 aromatic carbocycles. The van der Waals surface area contributed by atoms with Gasteiger partial charge in [0.1, 0.15) is 0 Å². The zero-order valence-corrected chi connectivity index (χ0v) is 7.04. The van der Waals surface area contributed by atoms with Crippen molar-refractivity contribution in [2.45, 2.75) is 20.3 Å². The Morgan fingerprint density at radius 3 is 2.50 bits per heavy atom. The first-order valence-corrected chi connectivity index (χ1v) is 3.93. The van der Waals surface area contributed by atoms with Crippen molar-refractivity contribution in [1.82, 2.24) is 10.6 Å². The second kappa shape index (κ2) is 6.62. The van der Waals surface area contributed by atoms with E-state index >= 15 is 0 Å². The van der Waals surface area contributed by atoms with Crippen molar-refractivity contribution in [2.24, 2.45) is 0 Å². The van der Waals surface area contributed by atoms with Gasteiger partial charge in [0.05, 0.1) is 0 Å². The molecule has 2 heteroatoms. The maximum absolute atomic E-state index is 3.87. The zero-order valence-electron chi connectivity index (χ0n) is 7.04. The van der Waals surface area contributed by atoms with E-state index in [9.17, 15) is 0 Å². The maximum Gasteiger partial charge on any atom is 0.0115 e. The normalized spacial score (nSPS) is 9.40. The van der Waals surface area contributed by atoms with Gasteiger partial charge >= 0.3 is 0 Å². The lowest BCUT2D eigenvalue weighted by atomic mass is 10.3. The van der Waals surface area contributed by atoms with Crippen LogP contribution < -0.4 is 10.6 Å². The number of rotatable bonds is 6. The monoisotopic (exact) mass is 142 g/mol. The number of hydrogen-bond donors (Lipinski definition) is 2. The second-order valence-corrected chi connectivity index (χ2v) is 2.24. The third kappa shape index (κ3) is 5.63. The molecule has 0 atom stereocenters. The fourth-order valence-electron chi connectivity index (χ4n) is 0.754. The Labute approximate surface area is 63.7 Å². The Bertz CT molecular complexity index is 89.3. The molecular weight excluding hydrogens is 124 g/mol. The molecule has 0 bridgehead atoms. The summed E-state index contributed by atoms with van der Waals surface area (Å²) in [5.41, 5.74) is 1.13. The van der Waals surface area contributed by atoms with Crippen molar-refractivity contribution in [3.8, 4) is 0 Å². The minimum atomic E-state index is 0.977. The van der Waals surface area contributed by atoms with Gasteiger partial charge in [0.25, 0.3) is 0 Å². The summed E-state index contributed by atoms with van der Waals surface area (Å²) in [5.74, 6) is 0. The van der Waals surface area contributed by atoms with Gasteiger partial charge in [-0.2, -0.15) is 0 Å². The summed E-state index contributed by atoms with van der Waals surface area (Å²) in [6.45, 7) is 11.1. The van der Waals surface area contributed by atoms with Crippen LogP contribution in [0.3, 0.4) is 0 Å². The third-order valence-electron chi connectivity index (χ3n) is 1.28. The predicted molar refractivity (Wildman–Crippen MR) is 46.0 cm³/mol. The van der Waals surface area contributed by atoms with Crippen molar-refractivity contribution < 1.29 is 0 Å². The number of hydrogen-bond acceptors (Lipinski definition) is 2. The summed E-state index contributed by atoms with van der Waals surface area (Å²) < 4.78 is 0. The van der Waals surface area contributed by atoms with Crippen LogP contribution >= 0.6 is 0 Å². The molecule has 2 nitrogen and oxygen atoms in total. The minimum Gasteiger partial charge on any atom is -0.389 e. The molecule has 0 heterocycles. The first-order chi connectivity index (χ1) is 4.81. The van der Waals surface area contributed by atoms with Gasteiger partial charge in [-0.1, -0.05) is 13.5 Å². The van der Waals surface area contributed by atoms with E-state index in [0.29, 0.717) is 0 Å². The lowest BCUT2D eigenvalue weighted by Crippen LogP contribution is -2.19. The molecule has 0 amide bonds. The van der Waals surface area contributed by atoms with Gasteiger partial charge in [-0.15, -0.1) is 0 Å². The van der Waals surface area contributed by atoms with Crippen molar-refractivity contribution in [3.05, 3.63) is 12.3 Å². The Balaban J connectivity index is 3.05. The summed E-state index contributed by atoms with van der Waals surface area (Å²) >= 11 is 0. The summed E-state index contributed by atoms with van der Waals surface area (Å²) in [6.07, 6.45) is 1.03. The first kappa shape index (κ1) is 9.50. The molecule has 0 aliphatic rings. The Hall–Kier alpha value is -0.500. The molecule has 0 aliphatic heterocycles. The van der Waals surface area contributed by atoms with E-state index in [0.717, 1.165) is 31.8 Å². The zero-order chi connectivity index (χ0) is 7.82. The highest BCUT2D eigenvalue weighted by atomic mass is 14.9. The van der Waals surface area contributed by atoms with Crippen LogP contribution in [0.25, 0.3) is 0 Å². The van der Waals surface area contributed by atoms with Gasteiger partial charge < -0.3 is 10.6 Å². The van der Waals surface area contributed by atoms with E-state index in [1.807, 2.05) is 0 Å². The second-order valence-electron chi connectivity index (χ2n) is 2.24. The van der Waals surface area contributed by atoms with Crippen LogP contribution in [0.1, 0.15) is 20.3 Å². The average molecular weight is 142 g/mol. The predicted octanol–water partition coefficient (Wildman–Crippen LogP) is 1.11. The first-order valence-electron chi connectivity index (χ1n) is 3.93. The molecule has 0 aromatic heterocycles.